The van der Waals surface area contributed by atoms with E-state index in [0.717, 1.165) is 23.5 Å². The Balaban J connectivity index is 1.57. The minimum atomic E-state index is -4.82. The summed E-state index contributed by atoms with van der Waals surface area (Å²) in [4.78, 5) is 20.9. The summed E-state index contributed by atoms with van der Waals surface area (Å²) in [6.45, 7) is 6.15. The first-order valence-electron chi connectivity index (χ1n) is 9.38. The molecule has 0 unspecified atom stereocenters. The lowest BCUT2D eigenvalue weighted by Crippen LogP contribution is -2.29. The average Bonchev–Trinajstić information content (AvgIpc) is 3.01. The second-order valence-electron chi connectivity index (χ2n) is 6.76. The van der Waals surface area contributed by atoms with Crippen molar-refractivity contribution in [2.24, 2.45) is 0 Å². The summed E-state index contributed by atoms with van der Waals surface area (Å²) in [7, 11) is 0. The molecule has 0 aliphatic rings. The molecule has 0 spiro atoms. The molecule has 1 aromatic carbocycles. The molecule has 2 heterocycles. The molecule has 11 heteroatoms. The van der Waals surface area contributed by atoms with Gasteiger partial charge in [0.1, 0.15) is 17.4 Å². The zero-order valence-electron chi connectivity index (χ0n) is 17.1. The van der Waals surface area contributed by atoms with Gasteiger partial charge in [-0.3, -0.25) is 4.79 Å². The molecular formula is C20H21F3N6O2. The van der Waals surface area contributed by atoms with Crippen LogP contribution in [0.15, 0.2) is 36.4 Å². The molecule has 0 aliphatic heterocycles. The number of rotatable bonds is 7. The van der Waals surface area contributed by atoms with Crippen molar-refractivity contribution >= 4 is 11.7 Å². The number of anilines is 1. The molecule has 8 nitrogen and oxygen atoms in total. The molecule has 0 saturated heterocycles. The van der Waals surface area contributed by atoms with Crippen LogP contribution < -0.4 is 15.4 Å². The predicted octanol–water partition coefficient (Wildman–Crippen LogP) is 3.33. The molecule has 0 radical (unpaired) electrons. The van der Waals surface area contributed by atoms with Crippen molar-refractivity contribution in [2.45, 2.75) is 27.1 Å². The fourth-order valence-corrected chi connectivity index (χ4v) is 2.91. The van der Waals surface area contributed by atoms with Crippen LogP contribution in [0.4, 0.5) is 19.0 Å². The third-order valence-corrected chi connectivity index (χ3v) is 4.10. The van der Waals surface area contributed by atoms with Crippen LogP contribution in [-0.2, 0) is 0 Å². The lowest BCUT2D eigenvalue weighted by molar-refractivity contribution is -0.274. The van der Waals surface area contributed by atoms with Gasteiger partial charge in [-0.1, -0.05) is 6.07 Å². The van der Waals surface area contributed by atoms with Crippen molar-refractivity contribution in [1.29, 1.82) is 0 Å². The van der Waals surface area contributed by atoms with Gasteiger partial charge >= 0.3 is 6.36 Å². The van der Waals surface area contributed by atoms with E-state index in [1.165, 1.54) is 12.1 Å². The lowest BCUT2D eigenvalue weighted by atomic mass is 10.2. The number of aromatic nitrogens is 4. The minimum Gasteiger partial charge on any atom is -0.406 e. The molecular weight excluding hydrogens is 413 g/mol. The summed E-state index contributed by atoms with van der Waals surface area (Å²) >= 11 is 0. The van der Waals surface area contributed by atoms with Gasteiger partial charge in [-0.05, 0) is 45.0 Å². The van der Waals surface area contributed by atoms with E-state index in [2.05, 4.69) is 30.4 Å². The number of carbonyl (C=O) groups excluding carboxylic acids is 1. The molecule has 0 aliphatic carbocycles. The van der Waals surface area contributed by atoms with Crippen molar-refractivity contribution in [3.05, 3.63) is 59.2 Å². The average molecular weight is 434 g/mol. The fraction of sp³-hybridized carbons (Fsp3) is 0.300. The van der Waals surface area contributed by atoms with E-state index in [1.54, 1.807) is 17.7 Å². The predicted molar refractivity (Wildman–Crippen MR) is 107 cm³/mol. The van der Waals surface area contributed by atoms with Crippen LogP contribution in [0.5, 0.6) is 5.75 Å². The molecule has 1 amide bonds. The third-order valence-electron chi connectivity index (χ3n) is 4.10. The number of hydrogen-bond acceptors (Lipinski definition) is 6. The Hall–Kier alpha value is -3.63. The molecule has 0 saturated carbocycles. The SMILES string of the molecule is Cc1cc(C)n(-c2cc(NCCNC(=O)c3cccc(OC(F)(F)F)c3)nc(C)n2)n1. The number of hydrogen-bond donors (Lipinski definition) is 2. The Morgan fingerprint density at radius 3 is 2.55 bits per heavy atom. The zero-order valence-corrected chi connectivity index (χ0v) is 17.1. The molecule has 0 bridgehead atoms. The van der Waals surface area contributed by atoms with Crippen LogP contribution in [0.3, 0.4) is 0 Å². The van der Waals surface area contributed by atoms with Gasteiger partial charge in [-0.15, -0.1) is 13.2 Å². The number of amides is 1. The largest absolute Gasteiger partial charge is 0.573 e. The Morgan fingerprint density at radius 1 is 1.10 bits per heavy atom. The van der Waals surface area contributed by atoms with Crippen LogP contribution >= 0.6 is 0 Å². The van der Waals surface area contributed by atoms with E-state index in [1.807, 2.05) is 19.9 Å². The number of ether oxygens (including phenoxy) is 1. The molecule has 3 rings (SSSR count). The van der Waals surface area contributed by atoms with Crippen LogP contribution in [0, 0.1) is 20.8 Å². The van der Waals surface area contributed by atoms with Gasteiger partial charge in [-0.2, -0.15) is 5.10 Å². The van der Waals surface area contributed by atoms with Crippen LogP contribution in [0.25, 0.3) is 5.82 Å². The van der Waals surface area contributed by atoms with Crippen molar-refractivity contribution in [3.8, 4) is 11.6 Å². The number of alkyl halides is 3. The monoisotopic (exact) mass is 434 g/mol. The summed E-state index contributed by atoms with van der Waals surface area (Å²) in [6, 6.07) is 8.56. The van der Waals surface area contributed by atoms with Gasteiger partial charge < -0.3 is 15.4 Å². The standard InChI is InChI=1S/C20H21F3N6O2/c1-12-9-13(2)29(28-12)18-11-17(26-14(3)27-18)24-7-8-25-19(30)15-5-4-6-16(10-15)31-20(21,22)23/h4-6,9-11H,7-8H2,1-3H3,(H,25,30)(H,24,26,27). The Bertz CT molecular complexity index is 1080. The number of carbonyl (C=O) groups is 1. The molecule has 3 aromatic rings. The fourth-order valence-electron chi connectivity index (χ4n) is 2.91. The van der Waals surface area contributed by atoms with Crippen molar-refractivity contribution in [2.75, 3.05) is 18.4 Å². The smallest absolute Gasteiger partial charge is 0.406 e. The number of halogens is 3. The number of nitrogens with one attached hydrogen (secondary N) is 2. The Labute approximate surface area is 176 Å². The van der Waals surface area contributed by atoms with E-state index in [0.29, 0.717) is 24.0 Å². The van der Waals surface area contributed by atoms with E-state index in [-0.39, 0.29) is 12.1 Å². The van der Waals surface area contributed by atoms with E-state index >= 15 is 0 Å². The van der Waals surface area contributed by atoms with Crippen molar-refractivity contribution in [1.82, 2.24) is 25.1 Å². The molecule has 2 aromatic heterocycles. The highest BCUT2D eigenvalue weighted by Crippen LogP contribution is 2.23. The summed E-state index contributed by atoms with van der Waals surface area (Å²) < 4.78 is 42.5. The maximum Gasteiger partial charge on any atom is 0.573 e. The van der Waals surface area contributed by atoms with Gasteiger partial charge in [0.25, 0.3) is 5.91 Å². The highest BCUT2D eigenvalue weighted by atomic mass is 19.4. The summed E-state index contributed by atoms with van der Waals surface area (Å²) in [5, 5.41) is 10.1. The highest BCUT2D eigenvalue weighted by Gasteiger charge is 2.31. The number of aryl methyl sites for hydroxylation is 3. The topological polar surface area (TPSA) is 94.0 Å². The van der Waals surface area contributed by atoms with Crippen molar-refractivity contribution in [3.63, 3.8) is 0 Å². The molecule has 2 N–H and O–H groups in total. The second kappa shape index (κ2) is 9.02. The third kappa shape index (κ3) is 6.17. The van der Waals surface area contributed by atoms with Gasteiger partial charge in [0.05, 0.1) is 5.69 Å². The van der Waals surface area contributed by atoms with E-state index in [9.17, 15) is 18.0 Å². The van der Waals surface area contributed by atoms with Gasteiger partial charge in [-0.25, -0.2) is 14.6 Å². The normalized spacial score (nSPS) is 11.3. The van der Waals surface area contributed by atoms with Crippen LogP contribution in [-0.4, -0.2) is 45.1 Å². The van der Waals surface area contributed by atoms with Crippen molar-refractivity contribution < 1.29 is 22.7 Å². The summed E-state index contributed by atoms with van der Waals surface area (Å²) in [5.74, 6) is 0.761. The quantitative estimate of drug-likeness (QED) is 0.554. The maximum absolute atomic E-state index is 12.3. The van der Waals surface area contributed by atoms with Crippen LogP contribution in [0.2, 0.25) is 0 Å². The first kappa shape index (κ1) is 22.1. The zero-order chi connectivity index (χ0) is 22.6. The van der Waals surface area contributed by atoms with Gasteiger partial charge in [0, 0.05) is 30.4 Å². The van der Waals surface area contributed by atoms with E-state index < -0.39 is 18.0 Å². The van der Waals surface area contributed by atoms with Gasteiger partial charge in [0.15, 0.2) is 5.82 Å². The van der Waals surface area contributed by atoms with E-state index in [4.69, 9.17) is 0 Å². The molecule has 31 heavy (non-hydrogen) atoms. The summed E-state index contributed by atoms with van der Waals surface area (Å²) in [5.41, 5.74) is 1.87. The van der Waals surface area contributed by atoms with Crippen LogP contribution in [0.1, 0.15) is 27.6 Å². The first-order chi connectivity index (χ1) is 14.6. The molecule has 164 valence electrons. The lowest BCUT2D eigenvalue weighted by Gasteiger charge is -2.11. The Kier molecular flexibility index (Phi) is 6.42. The highest BCUT2D eigenvalue weighted by molar-refractivity contribution is 5.94. The maximum atomic E-state index is 12.3. The first-order valence-corrected chi connectivity index (χ1v) is 9.38. The Morgan fingerprint density at radius 2 is 1.87 bits per heavy atom. The summed E-state index contributed by atoms with van der Waals surface area (Å²) in [6.07, 6.45) is -4.82. The second-order valence-corrected chi connectivity index (χ2v) is 6.76. The molecule has 0 atom stereocenters. The number of benzene rings is 1. The minimum absolute atomic E-state index is 0.0615. The van der Waals surface area contributed by atoms with Gasteiger partial charge in [0.2, 0.25) is 0 Å². The number of nitrogens with zero attached hydrogens (tertiary/aromatic N) is 4. The molecule has 0 fully saturated rings.